The number of benzene rings is 3. The van der Waals surface area contributed by atoms with Crippen LogP contribution in [0.3, 0.4) is 0 Å². The Kier molecular flexibility index (Phi) is 6.67. The van der Waals surface area contributed by atoms with Crippen molar-refractivity contribution in [3.05, 3.63) is 110 Å². The molecule has 2 aliphatic rings. The number of anilines is 2. The summed E-state index contributed by atoms with van der Waals surface area (Å²) in [5.41, 5.74) is 3.76. The Bertz CT molecular complexity index is 1690. The van der Waals surface area contributed by atoms with Gasteiger partial charge in [0.2, 0.25) is 17.7 Å². The van der Waals surface area contributed by atoms with Crippen LogP contribution in [-0.2, 0) is 20.9 Å². The molecular formula is C30H24FN3O4S2. The maximum Gasteiger partial charge on any atom is 0.308 e. The SMILES string of the molecule is Cc1ccc(NC(=O)Cn2c3c(sc2=O)[C@@H](c2ccc(F)cc2)C2C(=O)N(c4ccc(C)cc4)C(=O)C2S3)cc1. The number of thiazole rings is 1. The van der Waals surface area contributed by atoms with E-state index in [1.165, 1.54) is 21.6 Å². The summed E-state index contributed by atoms with van der Waals surface area (Å²) >= 11 is 2.10. The number of carbonyl (C=O) groups is 3. The van der Waals surface area contributed by atoms with Gasteiger partial charge in [0.15, 0.2) is 0 Å². The fourth-order valence-corrected chi connectivity index (χ4v) is 7.99. The van der Waals surface area contributed by atoms with Crippen LogP contribution in [0.15, 0.2) is 82.6 Å². The Morgan fingerprint density at radius 3 is 2.15 bits per heavy atom. The number of amides is 3. The van der Waals surface area contributed by atoms with Gasteiger partial charge in [0.05, 0.1) is 16.6 Å². The molecule has 202 valence electrons. The first kappa shape index (κ1) is 26.2. The van der Waals surface area contributed by atoms with Gasteiger partial charge in [0, 0.05) is 16.5 Å². The lowest BCUT2D eigenvalue weighted by Crippen LogP contribution is -2.33. The summed E-state index contributed by atoms with van der Waals surface area (Å²) in [5.74, 6) is -2.99. The standard InChI is InChI=1S/C30H24FN3O4S2/c1-16-3-11-20(12-4-16)32-22(35)15-33-29-26(40-30(33)38)23(18-7-9-19(31)10-8-18)24-25(39-29)28(37)34(27(24)36)21-13-5-17(2)6-14-21/h3-14,23-25H,15H2,1-2H3,(H,32,35)/t23-,24?,25?/m0/s1. The summed E-state index contributed by atoms with van der Waals surface area (Å²) in [6, 6.07) is 20.2. The molecule has 40 heavy (non-hydrogen) atoms. The minimum Gasteiger partial charge on any atom is -0.325 e. The highest BCUT2D eigenvalue weighted by Crippen LogP contribution is 2.53. The van der Waals surface area contributed by atoms with Gasteiger partial charge in [-0.05, 0) is 55.8 Å². The second kappa shape index (κ2) is 10.2. The van der Waals surface area contributed by atoms with Crippen LogP contribution in [0.2, 0.25) is 0 Å². The molecule has 3 atom stereocenters. The van der Waals surface area contributed by atoms with Gasteiger partial charge < -0.3 is 5.32 Å². The average Bonchev–Trinajstić information content (AvgIpc) is 3.37. The number of aryl methyl sites for hydroxylation is 2. The molecule has 10 heteroatoms. The summed E-state index contributed by atoms with van der Waals surface area (Å²) < 4.78 is 15.2. The van der Waals surface area contributed by atoms with E-state index in [0.29, 0.717) is 26.8 Å². The summed E-state index contributed by atoms with van der Waals surface area (Å²) in [7, 11) is 0. The molecule has 3 aromatic carbocycles. The molecule has 0 spiro atoms. The fraction of sp³-hybridized carbons (Fsp3) is 0.200. The van der Waals surface area contributed by atoms with Crippen molar-refractivity contribution in [2.75, 3.05) is 10.2 Å². The van der Waals surface area contributed by atoms with E-state index in [-0.39, 0.29) is 29.1 Å². The van der Waals surface area contributed by atoms with Gasteiger partial charge in [-0.1, -0.05) is 70.6 Å². The number of thioether (sulfide) groups is 1. The van der Waals surface area contributed by atoms with Crippen molar-refractivity contribution < 1.29 is 18.8 Å². The quantitative estimate of drug-likeness (QED) is 0.336. The van der Waals surface area contributed by atoms with Gasteiger partial charge in [-0.2, -0.15) is 0 Å². The maximum absolute atomic E-state index is 13.9. The number of aromatic nitrogens is 1. The highest BCUT2D eigenvalue weighted by atomic mass is 32.2. The van der Waals surface area contributed by atoms with Crippen molar-refractivity contribution >= 4 is 52.2 Å². The Morgan fingerprint density at radius 2 is 1.50 bits per heavy atom. The first-order chi connectivity index (χ1) is 19.2. The molecule has 2 unspecified atom stereocenters. The maximum atomic E-state index is 13.9. The molecule has 2 aliphatic heterocycles. The van der Waals surface area contributed by atoms with E-state index in [1.54, 1.807) is 36.4 Å². The van der Waals surface area contributed by atoms with Crippen molar-refractivity contribution in [3.8, 4) is 0 Å². The molecule has 4 aromatic rings. The smallest absolute Gasteiger partial charge is 0.308 e. The molecule has 1 fully saturated rings. The molecule has 0 saturated carbocycles. The number of fused-ring (bicyclic) bond motifs is 2. The predicted molar refractivity (Wildman–Crippen MR) is 153 cm³/mol. The third kappa shape index (κ3) is 4.56. The Balaban J connectivity index is 1.40. The van der Waals surface area contributed by atoms with Gasteiger partial charge >= 0.3 is 4.87 Å². The van der Waals surface area contributed by atoms with Crippen molar-refractivity contribution in [2.24, 2.45) is 5.92 Å². The van der Waals surface area contributed by atoms with Crippen LogP contribution in [0.25, 0.3) is 0 Å². The second-order valence-electron chi connectivity index (χ2n) is 9.98. The average molecular weight is 574 g/mol. The third-order valence-corrected chi connectivity index (χ3v) is 9.81. The summed E-state index contributed by atoms with van der Waals surface area (Å²) in [4.78, 5) is 55.2. The van der Waals surface area contributed by atoms with Crippen LogP contribution >= 0.6 is 23.1 Å². The molecule has 6 rings (SSSR count). The number of nitrogens with one attached hydrogen (secondary N) is 1. The van der Waals surface area contributed by atoms with E-state index >= 15 is 0 Å². The Morgan fingerprint density at radius 1 is 0.875 bits per heavy atom. The normalized spacial score (nSPS) is 19.9. The highest BCUT2D eigenvalue weighted by Gasteiger charge is 2.56. The molecule has 1 aromatic heterocycles. The van der Waals surface area contributed by atoms with Crippen molar-refractivity contribution in [3.63, 3.8) is 0 Å². The van der Waals surface area contributed by atoms with Crippen LogP contribution in [0.4, 0.5) is 15.8 Å². The van der Waals surface area contributed by atoms with Crippen molar-refractivity contribution in [2.45, 2.75) is 36.6 Å². The second-order valence-corrected chi connectivity index (χ2v) is 12.1. The highest BCUT2D eigenvalue weighted by molar-refractivity contribution is 8.00. The minimum atomic E-state index is -0.809. The lowest BCUT2D eigenvalue weighted by atomic mass is 9.83. The van der Waals surface area contributed by atoms with E-state index in [0.717, 1.165) is 34.2 Å². The molecule has 7 nitrogen and oxygen atoms in total. The monoisotopic (exact) mass is 573 g/mol. The van der Waals surface area contributed by atoms with Crippen LogP contribution in [-0.4, -0.2) is 27.5 Å². The fourth-order valence-electron chi connectivity index (χ4n) is 5.21. The number of nitrogens with zero attached hydrogens (tertiary/aromatic N) is 2. The number of carbonyl (C=O) groups excluding carboxylic acids is 3. The number of rotatable bonds is 5. The summed E-state index contributed by atoms with van der Waals surface area (Å²) in [5, 5.41) is 2.49. The molecule has 0 bridgehead atoms. The Labute approximate surface area is 237 Å². The van der Waals surface area contributed by atoms with Gasteiger partial charge in [-0.3, -0.25) is 23.7 Å². The van der Waals surface area contributed by atoms with E-state index < -0.39 is 22.9 Å². The zero-order valence-electron chi connectivity index (χ0n) is 21.6. The molecule has 1 N–H and O–H groups in total. The molecular weight excluding hydrogens is 549 g/mol. The van der Waals surface area contributed by atoms with E-state index in [2.05, 4.69) is 5.32 Å². The van der Waals surface area contributed by atoms with Crippen LogP contribution in [0.1, 0.15) is 27.5 Å². The number of hydrogen-bond donors (Lipinski definition) is 1. The predicted octanol–water partition coefficient (Wildman–Crippen LogP) is 5.10. The first-order valence-corrected chi connectivity index (χ1v) is 14.4. The van der Waals surface area contributed by atoms with Crippen LogP contribution in [0, 0.1) is 25.6 Å². The van der Waals surface area contributed by atoms with E-state index in [4.69, 9.17) is 0 Å². The van der Waals surface area contributed by atoms with Crippen LogP contribution < -0.4 is 15.1 Å². The van der Waals surface area contributed by atoms with Crippen molar-refractivity contribution in [1.82, 2.24) is 4.57 Å². The number of imide groups is 1. The van der Waals surface area contributed by atoms with Gasteiger partial charge in [0.1, 0.15) is 17.6 Å². The molecule has 1 saturated heterocycles. The van der Waals surface area contributed by atoms with Crippen molar-refractivity contribution in [1.29, 1.82) is 0 Å². The summed E-state index contributed by atoms with van der Waals surface area (Å²) in [6.07, 6.45) is 0. The van der Waals surface area contributed by atoms with Crippen LogP contribution in [0.5, 0.6) is 0 Å². The van der Waals surface area contributed by atoms with E-state index in [1.807, 2.05) is 38.1 Å². The molecule has 3 heterocycles. The first-order valence-electron chi connectivity index (χ1n) is 12.7. The zero-order valence-corrected chi connectivity index (χ0v) is 23.2. The molecule has 0 aliphatic carbocycles. The molecule has 0 radical (unpaired) electrons. The number of hydrogen-bond acceptors (Lipinski definition) is 6. The Hall–Kier alpha value is -4.02. The van der Waals surface area contributed by atoms with Gasteiger partial charge in [0.25, 0.3) is 0 Å². The summed E-state index contributed by atoms with van der Waals surface area (Å²) in [6.45, 7) is 3.62. The lowest BCUT2D eigenvalue weighted by Gasteiger charge is -2.30. The molecule has 3 amide bonds. The minimum absolute atomic E-state index is 0.247. The number of halogens is 1. The van der Waals surface area contributed by atoms with Gasteiger partial charge in [-0.15, -0.1) is 0 Å². The largest absolute Gasteiger partial charge is 0.325 e. The third-order valence-electron chi connectivity index (χ3n) is 7.21. The zero-order chi connectivity index (χ0) is 28.1. The van der Waals surface area contributed by atoms with Gasteiger partial charge in [-0.25, -0.2) is 9.29 Å². The van der Waals surface area contributed by atoms with E-state index in [9.17, 15) is 23.6 Å². The topological polar surface area (TPSA) is 88.5 Å². The lowest BCUT2D eigenvalue weighted by molar-refractivity contribution is -0.122.